The average Bonchev–Trinajstić information content (AvgIpc) is 2.51. The maximum absolute atomic E-state index is 11.7. The van der Waals surface area contributed by atoms with Gasteiger partial charge in [0.15, 0.2) is 0 Å². The number of rotatable bonds is 9. The van der Waals surface area contributed by atoms with Crippen LogP contribution in [-0.2, 0) is 18.9 Å². The molecular weight excluding hydrogens is 324 g/mol. The first-order valence-corrected chi connectivity index (χ1v) is 9.57. The molecule has 0 aromatic carbocycles. The van der Waals surface area contributed by atoms with Crippen molar-refractivity contribution in [3.63, 3.8) is 0 Å². The second-order valence-electron chi connectivity index (χ2n) is 7.39. The van der Waals surface area contributed by atoms with Crippen molar-refractivity contribution in [3.05, 3.63) is 0 Å². The highest BCUT2D eigenvalue weighted by Gasteiger charge is 2.27. The molecule has 0 N–H and O–H groups in total. The fourth-order valence-electron chi connectivity index (χ4n) is 2.78. The molecule has 0 bridgehead atoms. The topological polar surface area (TPSA) is 71.1 Å². The molecule has 0 aromatic heterocycles. The van der Waals surface area contributed by atoms with Gasteiger partial charge in [-0.05, 0) is 51.9 Å². The van der Waals surface area contributed by atoms with E-state index in [1.165, 1.54) is 12.8 Å². The van der Waals surface area contributed by atoms with Crippen LogP contribution < -0.4 is 0 Å². The van der Waals surface area contributed by atoms with Crippen molar-refractivity contribution in [2.75, 3.05) is 6.61 Å². The Labute approximate surface area is 151 Å². The lowest BCUT2D eigenvalue weighted by atomic mass is 9.95. The highest BCUT2D eigenvalue weighted by Crippen LogP contribution is 2.24. The van der Waals surface area contributed by atoms with Crippen molar-refractivity contribution in [1.29, 1.82) is 0 Å². The van der Waals surface area contributed by atoms with Crippen LogP contribution in [0.4, 0.5) is 9.59 Å². The van der Waals surface area contributed by atoms with Gasteiger partial charge in [0.1, 0.15) is 12.2 Å². The second kappa shape index (κ2) is 12.0. The third kappa shape index (κ3) is 10.9. The van der Waals surface area contributed by atoms with Gasteiger partial charge in [0.25, 0.3) is 0 Å². The summed E-state index contributed by atoms with van der Waals surface area (Å²) in [5.41, 5.74) is 0. The van der Waals surface area contributed by atoms with Crippen molar-refractivity contribution in [1.82, 2.24) is 0 Å². The van der Waals surface area contributed by atoms with E-state index in [2.05, 4.69) is 13.8 Å². The molecule has 0 aromatic rings. The summed E-state index contributed by atoms with van der Waals surface area (Å²) in [6, 6.07) is 0. The highest BCUT2D eigenvalue weighted by molar-refractivity contribution is 5.60. The van der Waals surface area contributed by atoms with E-state index < -0.39 is 12.3 Å². The molecule has 0 saturated heterocycles. The van der Waals surface area contributed by atoms with Gasteiger partial charge in [-0.2, -0.15) is 0 Å². The zero-order valence-corrected chi connectivity index (χ0v) is 16.1. The minimum atomic E-state index is -0.628. The van der Waals surface area contributed by atoms with E-state index in [1.807, 2.05) is 0 Å². The largest absolute Gasteiger partial charge is 0.508 e. The van der Waals surface area contributed by atoms with Crippen molar-refractivity contribution in [2.24, 2.45) is 5.92 Å². The Balaban J connectivity index is 2.07. The van der Waals surface area contributed by atoms with Crippen molar-refractivity contribution < 1.29 is 28.5 Å². The number of carbonyl (C=O) groups excluding carboxylic acids is 2. The molecule has 0 unspecified atom stereocenters. The molecule has 0 atom stereocenters. The standard InChI is InChI=1S/C19H34O6/c1-14(2)8-6-5-7-13-22-18(20)24-16-9-11-17(12-10-16)25-19(21)23-15(3)4/h14-17H,5-13H2,1-4H3. The van der Waals surface area contributed by atoms with Crippen LogP contribution in [0.2, 0.25) is 0 Å². The SMILES string of the molecule is CC(C)CCCCCOC(=O)OC1CCC(OC(=O)OC(C)C)CC1. The van der Waals surface area contributed by atoms with Crippen LogP contribution in [0.5, 0.6) is 0 Å². The maximum atomic E-state index is 11.7. The molecule has 1 saturated carbocycles. The molecule has 25 heavy (non-hydrogen) atoms. The molecule has 0 aliphatic heterocycles. The summed E-state index contributed by atoms with van der Waals surface area (Å²) in [5.74, 6) is 0.720. The van der Waals surface area contributed by atoms with Crippen LogP contribution in [0.15, 0.2) is 0 Å². The number of carbonyl (C=O) groups is 2. The van der Waals surface area contributed by atoms with E-state index in [-0.39, 0.29) is 18.3 Å². The smallest absolute Gasteiger partial charge is 0.434 e. The zero-order chi connectivity index (χ0) is 18.7. The Morgan fingerprint density at radius 1 is 0.840 bits per heavy atom. The Morgan fingerprint density at radius 2 is 1.40 bits per heavy atom. The van der Waals surface area contributed by atoms with Crippen LogP contribution in [-0.4, -0.2) is 37.2 Å². The lowest BCUT2D eigenvalue weighted by molar-refractivity contribution is -0.0327. The van der Waals surface area contributed by atoms with Gasteiger partial charge in [-0.1, -0.05) is 33.1 Å². The van der Waals surface area contributed by atoms with Gasteiger partial charge in [-0.25, -0.2) is 9.59 Å². The highest BCUT2D eigenvalue weighted by atomic mass is 16.7. The first-order valence-electron chi connectivity index (χ1n) is 9.57. The molecule has 0 radical (unpaired) electrons. The summed E-state index contributed by atoms with van der Waals surface area (Å²) < 4.78 is 20.6. The first-order chi connectivity index (χ1) is 11.9. The average molecular weight is 358 g/mol. The number of unbranched alkanes of at least 4 members (excludes halogenated alkanes) is 2. The molecule has 0 spiro atoms. The minimum absolute atomic E-state index is 0.158. The lowest BCUT2D eigenvalue weighted by Gasteiger charge is -2.27. The molecule has 6 heteroatoms. The van der Waals surface area contributed by atoms with Crippen molar-refractivity contribution >= 4 is 12.3 Å². The monoisotopic (exact) mass is 358 g/mol. The van der Waals surface area contributed by atoms with Gasteiger partial charge in [-0.15, -0.1) is 0 Å². The van der Waals surface area contributed by atoms with Crippen LogP contribution in [0.1, 0.15) is 79.1 Å². The quantitative estimate of drug-likeness (QED) is 0.415. The predicted molar refractivity (Wildman–Crippen MR) is 94.5 cm³/mol. The maximum Gasteiger partial charge on any atom is 0.508 e. The van der Waals surface area contributed by atoms with Crippen molar-refractivity contribution in [2.45, 2.75) is 97.4 Å². The van der Waals surface area contributed by atoms with E-state index in [0.29, 0.717) is 32.3 Å². The van der Waals surface area contributed by atoms with E-state index in [1.54, 1.807) is 13.8 Å². The summed E-state index contributed by atoms with van der Waals surface area (Å²) in [6.07, 6.45) is 5.27. The van der Waals surface area contributed by atoms with Gasteiger partial charge in [0, 0.05) is 0 Å². The fourth-order valence-corrected chi connectivity index (χ4v) is 2.78. The summed E-state index contributed by atoms with van der Waals surface area (Å²) in [4.78, 5) is 23.1. The molecule has 0 heterocycles. The molecule has 1 rings (SSSR count). The molecule has 1 aliphatic rings. The normalized spacial score (nSPS) is 20.4. The van der Waals surface area contributed by atoms with Crippen LogP contribution >= 0.6 is 0 Å². The van der Waals surface area contributed by atoms with E-state index in [0.717, 1.165) is 18.8 Å². The Hall–Kier alpha value is -1.46. The first kappa shape index (κ1) is 21.6. The third-order valence-electron chi connectivity index (χ3n) is 4.12. The van der Waals surface area contributed by atoms with Gasteiger partial charge >= 0.3 is 12.3 Å². The van der Waals surface area contributed by atoms with Gasteiger partial charge < -0.3 is 18.9 Å². The van der Waals surface area contributed by atoms with Crippen LogP contribution in [0.25, 0.3) is 0 Å². The second-order valence-corrected chi connectivity index (χ2v) is 7.39. The summed E-state index contributed by atoms with van der Waals surface area (Å²) >= 11 is 0. The predicted octanol–water partition coefficient (Wildman–Crippen LogP) is 5.23. The molecule has 6 nitrogen and oxygen atoms in total. The van der Waals surface area contributed by atoms with E-state index in [4.69, 9.17) is 18.9 Å². The Bertz CT molecular complexity index is 385. The third-order valence-corrected chi connectivity index (χ3v) is 4.12. The summed E-state index contributed by atoms with van der Waals surface area (Å²) in [7, 11) is 0. The lowest BCUT2D eigenvalue weighted by Crippen LogP contribution is -2.30. The van der Waals surface area contributed by atoms with Gasteiger partial charge in [0.2, 0.25) is 0 Å². The zero-order valence-electron chi connectivity index (χ0n) is 16.1. The minimum Gasteiger partial charge on any atom is -0.434 e. The Kier molecular flexibility index (Phi) is 10.3. The number of hydrogen-bond acceptors (Lipinski definition) is 6. The molecular formula is C19H34O6. The van der Waals surface area contributed by atoms with Gasteiger partial charge in [-0.3, -0.25) is 0 Å². The molecule has 1 aliphatic carbocycles. The fraction of sp³-hybridized carbons (Fsp3) is 0.895. The van der Waals surface area contributed by atoms with E-state index >= 15 is 0 Å². The molecule has 0 amide bonds. The summed E-state index contributed by atoms with van der Waals surface area (Å²) in [5, 5.41) is 0. The summed E-state index contributed by atoms with van der Waals surface area (Å²) in [6.45, 7) is 8.39. The Morgan fingerprint density at radius 3 is 1.92 bits per heavy atom. The van der Waals surface area contributed by atoms with Gasteiger partial charge in [0.05, 0.1) is 12.7 Å². The van der Waals surface area contributed by atoms with E-state index in [9.17, 15) is 9.59 Å². The number of ether oxygens (including phenoxy) is 4. The van der Waals surface area contributed by atoms with Crippen molar-refractivity contribution in [3.8, 4) is 0 Å². The van der Waals surface area contributed by atoms with Crippen LogP contribution in [0, 0.1) is 5.92 Å². The number of hydrogen-bond donors (Lipinski definition) is 0. The molecule has 1 fully saturated rings. The molecule has 146 valence electrons. The van der Waals surface area contributed by atoms with Crippen LogP contribution in [0.3, 0.4) is 0 Å².